The number of nitrogens with two attached hydrogens (primary N) is 1. The molecule has 0 amide bonds. The smallest absolute Gasteiger partial charge is 0.326 e. The zero-order valence-corrected chi connectivity index (χ0v) is 14.0. The maximum Gasteiger partial charge on any atom is 0.333 e. The van der Waals surface area contributed by atoms with Crippen molar-refractivity contribution in [1.29, 1.82) is 0 Å². The summed E-state index contributed by atoms with van der Waals surface area (Å²) in [6.45, 7) is 7.97. The van der Waals surface area contributed by atoms with E-state index in [1.54, 1.807) is 9.13 Å². The Morgan fingerprint density at radius 3 is 2.36 bits per heavy atom. The molecule has 1 atom stereocenters. The molecular weight excluding hydrogens is 282 g/mol. The number of rotatable bonds is 5. The van der Waals surface area contributed by atoms with Gasteiger partial charge in [0.05, 0.1) is 0 Å². The van der Waals surface area contributed by atoms with Crippen LogP contribution in [0.5, 0.6) is 0 Å². The molecule has 122 valence electrons. The van der Waals surface area contributed by atoms with Crippen LogP contribution in [0, 0.1) is 0 Å². The van der Waals surface area contributed by atoms with Crippen molar-refractivity contribution in [2.24, 2.45) is 12.8 Å². The maximum absolute atomic E-state index is 12.8. The van der Waals surface area contributed by atoms with E-state index in [0.717, 1.165) is 5.82 Å². The molecule has 2 heterocycles. The molecule has 2 aromatic rings. The Bertz CT molecular complexity index is 797. The SMILES string of the molecule is CCc1nc2c(c(=O)n(CC(N)CC)c(=O)n2C(C)C)n1C. The predicted molar refractivity (Wildman–Crippen MR) is 87.3 cm³/mol. The van der Waals surface area contributed by atoms with E-state index in [2.05, 4.69) is 4.98 Å². The second-order valence-electron chi connectivity index (χ2n) is 5.94. The van der Waals surface area contributed by atoms with Gasteiger partial charge in [-0.3, -0.25) is 13.9 Å². The Hall–Kier alpha value is -1.89. The van der Waals surface area contributed by atoms with Crippen LogP contribution in [0.1, 0.15) is 46.0 Å². The van der Waals surface area contributed by atoms with Crippen molar-refractivity contribution in [3.05, 3.63) is 26.7 Å². The van der Waals surface area contributed by atoms with Gasteiger partial charge in [0.25, 0.3) is 5.56 Å². The number of fused-ring (bicyclic) bond motifs is 1. The highest BCUT2D eigenvalue weighted by Gasteiger charge is 2.21. The van der Waals surface area contributed by atoms with Gasteiger partial charge in [0, 0.05) is 32.1 Å². The lowest BCUT2D eigenvalue weighted by molar-refractivity contribution is 0.474. The number of nitrogens with zero attached hydrogens (tertiary/aromatic N) is 4. The summed E-state index contributed by atoms with van der Waals surface area (Å²) in [6.07, 6.45) is 1.41. The maximum atomic E-state index is 12.8. The molecule has 0 bridgehead atoms. The molecule has 1 unspecified atom stereocenters. The minimum atomic E-state index is -0.336. The highest BCUT2D eigenvalue weighted by molar-refractivity contribution is 5.71. The van der Waals surface area contributed by atoms with Crippen LogP contribution in [0.4, 0.5) is 0 Å². The average molecular weight is 307 g/mol. The van der Waals surface area contributed by atoms with Gasteiger partial charge in [-0.15, -0.1) is 0 Å². The second kappa shape index (κ2) is 6.08. The molecule has 2 rings (SSSR count). The molecular formula is C15H25N5O2. The zero-order valence-electron chi connectivity index (χ0n) is 14.0. The Labute approximate surface area is 129 Å². The summed E-state index contributed by atoms with van der Waals surface area (Å²) in [5.41, 5.74) is 6.24. The van der Waals surface area contributed by atoms with E-state index in [9.17, 15) is 9.59 Å². The molecule has 0 fully saturated rings. The van der Waals surface area contributed by atoms with E-state index in [-0.39, 0.29) is 29.9 Å². The van der Waals surface area contributed by atoms with Crippen molar-refractivity contribution in [1.82, 2.24) is 18.7 Å². The third-order valence-electron chi connectivity index (χ3n) is 4.06. The first-order valence-electron chi connectivity index (χ1n) is 7.79. The van der Waals surface area contributed by atoms with Gasteiger partial charge in [0.1, 0.15) is 5.82 Å². The summed E-state index contributed by atoms with van der Waals surface area (Å²) >= 11 is 0. The van der Waals surface area contributed by atoms with E-state index in [4.69, 9.17) is 5.73 Å². The van der Waals surface area contributed by atoms with Gasteiger partial charge in [-0.2, -0.15) is 0 Å². The molecule has 0 radical (unpaired) electrons. The normalized spacial score (nSPS) is 13.2. The molecule has 7 heteroatoms. The minimum Gasteiger partial charge on any atom is -0.326 e. The van der Waals surface area contributed by atoms with Crippen LogP contribution in [0.2, 0.25) is 0 Å². The number of hydrogen-bond acceptors (Lipinski definition) is 4. The fourth-order valence-corrected chi connectivity index (χ4v) is 2.68. The van der Waals surface area contributed by atoms with Crippen molar-refractivity contribution in [3.8, 4) is 0 Å². The largest absolute Gasteiger partial charge is 0.333 e. The summed E-state index contributed by atoms with van der Waals surface area (Å²) in [5.74, 6) is 0.790. The number of aryl methyl sites for hydroxylation is 2. The van der Waals surface area contributed by atoms with Crippen LogP contribution in [-0.4, -0.2) is 24.7 Å². The second-order valence-corrected chi connectivity index (χ2v) is 5.94. The van der Waals surface area contributed by atoms with Crippen molar-refractivity contribution in [2.75, 3.05) is 0 Å². The van der Waals surface area contributed by atoms with E-state index in [0.29, 0.717) is 24.0 Å². The Kier molecular flexibility index (Phi) is 4.55. The summed E-state index contributed by atoms with van der Waals surface area (Å²) < 4.78 is 4.61. The standard InChI is InChI=1S/C15H25N5O2/c1-6-10(16)8-19-14(21)12-13(17-11(7-2)18(12)5)20(9(3)4)15(19)22/h9-10H,6-8,16H2,1-5H3. The fraction of sp³-hybridized carbons (Fsp3) is 0.667. The summed E-state index contributed by atoms with van der Waals surface area (Å²) in [6, 6.07) is -0.304. The quantitative estimate of drug-likeness (QED) is 0.884. The van der Waals surface area contributed by atoms with Crippen molar-refractivity contribution in [2.45, 2.75) is 59.2 Å². The topological polar surface area (TPSA) is 87.8 Å². The fourth-order valence-electron chi connectivity index (χ4n) is 2.68. The molecule has 2 aromatic heterocycles. The first-order chi connectivity index (χ1) is 10.3. The lowest BCUT2D eigenvalue weighted by atomic mass is 10.2. The Morgan fingerprint density at radius 1 is 1.23 bits per heavy atom. The van der Waals surface area contributed by atoms with Gasteiger partial charge in [0.15, 0.2) is 11.2 Å². The first-order valence-corrected chi connectivity index (χ1v) is 7.79. The molecule has 0 aliphatic heterocycles. The Balaban J connectivity index is 2.90. The van der Waals surface area contributed by atoms with Gasteiger partial charge < -0.3 is 10.3 Å². The lowest BCUT2D eigenvalue weighted by Gasteiger charge is -2.16. The van der Waals surface area contributed by atoms with E-state index < -0.39 is 0 Å². The van der Waals surface area contributed by atoms with Crippen LogP contribution in [0.25, 0.3) is 11.2 Å². The van der Waals surface area contributed by atoms with E-state index in [1.165, 1.54) is 4.57 Å². The molecule has 2 N–H and O–H groups in total. The molecule has 0 spiro atoms. The van der Waals surface area contributed by atoms with Crippen molar-refractivity contribution < 1.29 is 0 Å². The van der Waals surface area contributed by atoms with Crippen LogP contribution in [0.15, 0.2) is 9.59 Å². The first kappa shape index (κ1) is 16.5. The summed E-state index contributed by atoms with van der Waals surface area (Å²) in [7, 11) is 1.81. The number of hydrogen-bond donors (Lipinski definition) is 1. The van der Waals surface area contributed by atoms with E-state index in [1.807, 2.05) is 34.7 Å². The molecule has 7 nitrogen and oxygen atoms in total. The zero-order chi connectivity index (χ0) is 16.6. The average Bonchev–Trinajstić information content (AvgIpc) is 2.79. The van der Waals surface area contributed by atoms with Crippen molar-refractivity contribution >= 4 is 11.2 Å². The van der Waals surface area contributed by atoms with Crippen LogP contribution in [-0.2, 0) is 20.0 Å². The van der Waals surface area contributed by atoms with Gasteiger partial charge in [-0.25, -0.2) is 9.78 Å². The Morgan fingerprint density at radius 2 is 1.86 bits per heavy atom. The highest BCUT2D eigenvalue weighted by atomic mass is 16.2. The summed E-state index contributed by atoms with van der Waals surface area (Å²) in [4.78, 5) is 30.0. The van der Waals surface area contributed by atoms with Gasteiger partial charge in [0.2, 0.25) is 0 Å². The molecule has 0 saturated heterocycles. The third kappa shape index (κ3) is 2.49. The molecule has 0 aliphatic carbocycles. The molecule has 0 saturated carbocycles. The highest BCUT2D eigenvalue weighted by Crippen LogP contribution is 2.14. The van der Waals surface area contributed by atoms with Crippen molar-refractivity contribution in [3.63, 3.8) is 0 Å². The monoisotopic (exact) mass is 307 g/mol. The predicted octanol–water partition coefficient (Wildman–Crippen LogP) is 0.777. The van der Waals surface area contributed by atoms with Crippen LogP contribution in [0.3, 0.4) is 0 Å². The van der Waals surface area contributed by atoms with E-state index >= 15 is 0 Å². The molecule has 22 heavy (non-hydrogen) atoms. The van der Waals surface area contributed by atoms with Crippen LogP contribution >= 0.6 is 0 Å². The summed E-state index contributed by atoms with van der Waals surface area (Å²) in [5, 5.41) is 0. The molecule has 0 aromatic carbocycles. The van der Waals surface area contributed by atoms with Gasteiger partial charge >= 0.3 is 5.69 Å². The lowest BCUT2D eigenvalue weighted by Crippen LogP contribution is -2.44. The van der Waals surface area contributed by atoms with Gasteiger partial charge in [-0.1, -0.05) is 13.8 Å². The number of imidazole rings is 1. The minimum absolute atomic E-state index is 0.0840. The van der Waals surface area contributed by atoms with Gasteiger partial charge in [-0.05, 0) is 20.3 Å². The molecule has 0 aliphatic rings. The number of aromatic nitrogens is 4. The van der Waals surface area contributed by atoms with Crippen LogP contribution < -0.4 is 17.0 Å². The third-order valence-corrected chi connectivity index (χ3v) is 4.06.